The van der Waals surface area contributed by atoms with E-state index in [9.17, 15) is 24.3 Å². The highest BCUT2D eigenvalue weighted by Gasteiger charge is 2.48. The molecule has 5 N–H and O–H groups in total. The number of phenols is 1. The maximum absolute atomic E-state index is 13.9. The van der Waals surface area contributed by atoms with Crippen LogP contribution in [0.3, 0.4) is 0 Å². The summed E-state index contributed by atoms with van der Waals surface area (Å²) in [5.74, 6) is -1.66. The SMILES string of the molecule is CC(C)NC(=O)C(c1ccccc1O)N(C(=O)C(CCC(N)=O)NC(=O)OC(C)(C)C)C1CC1C. The number of nitrogens with zero attached hydrogens (tertiary/aromatic N) is 1. The minimum Gasteiger partial charge on any atom is -0.508 e. The Balaban J connectivity index is 2.50. The molecule has 1 fully saturated rings. The van der Waals surface area contributed by atoms with Gasteiger partial charge in [0.2, 0.25) is 17.7 Å². The summed E-state index contributed by atoms with van der Waals surface area (Å²) in [6.07, 6.45) is -0.390. The van der Waals surface area contributed by atoms with Crippen LogP contribution in [0.5, 0.6) is 5.75 Å². The van der Waals surface area contributed by atoms with E-state index in [0.29, 0.717) is 6.42 Å². The lowest BCUT2D eigenvalue weighted by Crippen LogP contribution is -2.54. The molecule has 1 aromatic carbocycles. The molecule has 1 aliphatic carbocycles. The second-order valence-electron chi connectivity index (χ2n) is 10.4. The van der Waals surface area contributed by atoms with Crippen LogP contribution in [-0.4, -0.2) is 57.5 Å². The minimum absolute atomic E-state index is 0.0652. The zero-order valence-corrected chi connectivity index (χ0v) is 21.3. The number of para-hydroxylation sites is 1. The molecule has 35 heavy (non-hydrogen) atoms. The van der Waals surface area contributed by atoms with E-state index in [1.165, 1.54) is 11.0 Å². The Hall–Kier alpha value is -3.30. The Morgan fingerprint density at radius 1 is 1.17 bits per heavy atom. The van der Waals surface area contributed by atoms with Gasteiger partial charge < -0.3 is 31.1 Å². The zero-order valence-electron chi connectivity index (χ0n) is 21.3. The van der Waals surface area contributed by atoms with E-state index in [4.69, 9.17) is 10.5 Å². The summed E-state index contributed by atoms with van der Waals surface area (Å²) in [6.45, 7) is 10.6. The highest BCUT2D eigenvalue weighted by atomic mass is 16.6. The fourth-order valence-corrected chi connectivity index (χ4v) is 3.85. The van der Waals surface area contributed by atoms with Crippen LogP contribution in [0.4, 0.5) is 4.79 Å². The Kier molecular flexibility index (Phi) is 9.12. The maximum atomic E-state index is 13.9. The minimum atomic E-state index is -1.16. The molecule has 1 aliphatic rings. The molecule has 0 spiro atoms. The quantitative estimate of drug-likeness (QED) is 0.395. The van der Waals surface area contributed by atoms with Gasteiger partial charge in [0.15, 0.2) is 0 Å². The first-order valence-corrected chi connectivity index (χ1v) is 11.9. The third-order valence-corrected chi connectivity index (χ3v) is 5.54. The average Bonchev–Trinajstić information content (AvgIpc) is 3.43. The van der Waals surface area contributed by atoms with Gasteiger partial charge in [-0.3, -0.25) is 14.4 Å². The number of nitrogens with one attached hydrogen (secondary N) is 2. The van der Waals surface area contributed by atoms with Crippen LogP contribution in [0, 0.1) is 5.92 Å². The first kappa shape index (κ1) is 27.9. The molecule has 4 atom stereocenters. The number of benzene rings is 1. The number of nitrogens with two attached hydrogens (primary N) is 1. The van der Waals surface area contributed by atoms with Crippen LogP contribution >= 0.6 is 0 Å². The Labute approximate surface area is 206 Å². The van der Waals surface area contributed by atoms with E-state index in [1.807, 2.05) is 6.92 Å². The van der Waals surface area contributed by atoms with Crippen LogP contribution in [0.25, 0.3) is 0 Å². The fourth-order valence-electron chi connectivity index (χ4n) is 3.85. The van der Waals surface area contributed by atoms with E-state index < -0.39 is 41.5 Å². The summed E-state index contributed by atoms with van der Waals surface area (Å²) < 4.78 is 5.31. The number of hydrogen-bond donors (Lipinski definition) is 4. The molecule has 0 saturated heterocycles. The topological polar surface area (TPSA) is 151 Å². The third-order valence-electron chi connectivity index (χ3n) is 5.54. The smallest absolute Gasteiger partial charge is 0.408 e. The van der Waals surface area contributed by atoms with Crippen molar-refractivity contribution in [1.29, 1.82) is 0 Å². The van der Waals surface area contributed by atoms with Gasteiger partial charge in [0.1, 0.15) is 23.4 Å². The van der Waals surface area contributed by atoms with Gasteiger partial charge in [-0.2, -0.15) is 0 Å². The number of alkyl carbamates (subject to hydrolysis) is 1. The van der Waals surface area contributed by atoms with Crippen LogP contribution in [-0.2, 0) is 19.1 Å². The molecule has 0 heterocycles. The largest absolute Gasteiger partial charge is 0.508 e. The third kappa shape index (κ3) is 8.15. The number of phenolic OH excluding ortho intramolecular Hbond substituents is 1. The number of hydrogen-bond acceptors (Lipinski definition) is 6. The van der Waals surface area contributed by atoms with E-state index in [1.54, 1.807) is 52.8 Å². The van der Waals surface area contributed by atoms with Crippen molar-refractivity contribution < 1.29 is 29.0 Å². The van der Waals surface area contributed by atoms with Crippen molar-refractivity contribution in [3.8, 4) is 5.75 Å². The molecule has 0 aromatic heterocycles. The lowest BCUT2D eigenvalue weighted by atomic mass is 10.00. The number of carbonyl (C=O) groups is 4. The molecule has 10 heteroatoms. The van der Waals surface area contributed by atoms with Crippen molar-refractivity contribution in [2.75, 3.05) is 0 Å². The van der Waals surface area contributed by atoms with Gasteiger partial charge in [0.25, 0.3) is 0 Å². The highest BCUT2D eigenvalue weighted by Crippen LogP contribution is 2.42. The maximum Gasteiger partial charge on any atom is 0.408 e. The molecular weight excluding hydrogens is 452 g/mol. The van der Waals surface area contributed by atoms with Gasteiger partial charge in [-0.25, -0.2) is 4.79 Å². The molecular formula is C25H38N4O6. The van der Waals surface area contributed by atoms with Crippen molar-refractivity contribution in [2.45, 2.75) is 90.6 Å². The molecule has 10 nitrogen and oxygen atoms in total. The summed E-state index contributed by atoms with van der Waals surface area (Å²) in [5, 5.41) is 16.0. The lowest BCUT2D eigenvalue weighted by molar-refractivity contribution is -0.144. The Bertz CT molecular complexity index is 942. The van der Waals surface area contributed by atoms with Crippen LogP contribution in [0.2, 0.25) is 0 Å². The number of carbonyl (C=O) groups excluding carboxylic acids is 4. The van der Waals surface area contributed by atoms with Gasteiger partial charge in [0, 0.05) is 24.1 Å². The van der Waals surface area contributed by atoms with Crippen LogP contribution < -0.4 is 16.4 Å². The van der Waals surface area contributed by atoms with Gasteiger partial charge in [-0.1, -0.05) is 25.1 Å². The molecule has 1 aromatic rings. The van der Waals surface area contributed by atoms with Gasteiger partial charge in [-0.05, 0) is 59.4 Å². The van der Waals surface area contributed by atoms with E-state index >= 15 is 0 Å². The number of amides is 4. The molecule has 0 aliphatic heterocycles. The summed E-state index contributed by atoms with van der Waals surface area (Å²) in [4.78, 5) is 52.8. The van der Waals surface area contributed by atoms with E-state index in [0.717, 1.165) is 0 Å². The number of primary amides is 1. The molecule has 1 saturated carbocycles. The average molecular weight is 491 g/mol. The van der Waals surface area contributed by atoms with Gasteiger partial charge >= 0.3 is 6.09 Å². The van der Waals surface area contributed by atoms with Crippen molar-refractivity contribution in [3.63, 3.8) is 0 Å². The predicted octanol–water partition coefficient (Wildman–Crippen LogP) is 2.35. The first-order chi connectivity index (χ1) is 16.2. The second-order valence-corrected chi connectivity index (χ2v) is 10.4. The fraction of sp³-hybridized carbons (Fsp3) is 0.600. The Morgan fingerprint density at radius 3 is 2.26 bits per heavy atom. The molecule has 2 rings (SSSR count). The van der Waals surface area contributed by atoms with Crippen molar-refractivity contribution in [2.24, 2.45) is 11.7 Å². The molecule has 4 amide bonds. The summed E-state index contributed by atoms with van der Waals surface area (Å²) >= 11 is 0. The monoisotopic (exact) mass is 490 g/mol. The number of rotatable bonds is 10. The van der Waals surface area contributed by atoms with Gasteiger partial charge in [0.05, 0.1) is 0 Å². The predicted molar refractivity (Wildman–Crippen MR) is 130 cm³/mol. The summed E-state index contributed by atoms with van der Waals surface area (Å²) in [6, 6.07) is 3.54. The number of ether oxygens (including phenoxy) is 1. The van der Waals surface area contributed by atoms with Crippen LogP contribution in [0.1, 0.15) is 72.4 Å². The summed E-state index contributed by atoms with van der Waals surface area (Å²) in [7, 11) is 0. The van der Waals surface area contributed by atoms with Gasteiger partial charge in [-0.15, -0.1) is 0 Å². The lowest BCUT2D eigenvalue weighted by Gasteiger charge is -2.35. The van der Waals surface area contributed by atoms with E-state index in [2.05, 4.69) is 10.6 Å². The Morgan fingerprint density at radius 2 is 1.77 bits per heavy atom. The van der Waals surface area contributed by atoms with Crippen molar-refractivity contribution in [1.82, 2.24) is 15.5 Å². The molecule has 194 valence electrons. The molecule has 0 radical (unpaired) electrons. The number of aromatic hydroxyl groups is 1. The first-order valence-electron chi connectivity index (χ1n) is 11.9. The van der Waals surface area contributed by atoms with Crippen LogP contribution in [0.15, 0.2) is 24.3 Å². The summed E-state index contributed by atoms with van der Waals surface area (Å²) in [5.41, 5.74) is 4.78. The van der Waals surface area contributed by atoms with Crippen molar-refractivity contribution in [3.05, 3.63) is 29.8 Å². The molecule has 0 bridgehead atoms. The zero-order chi connectivity index (χ0) is 26.5. The van der Waals surface area contributed by atoms with Crippen molar-refractivity contribution >= 4 is 23.8 Å². The highest BCUT2D eigenvalue weighted by molar-refractivity contribution is 5.93. The van der Waals surface area contributed by atoms with E-state index in [-0.39, 0.29) is 42.2 Å². The standard InChI is InChI=1S/C25H38N4O6/c1-14(2)27-22(32)21(16-9-7-8-10-19(16)30)29(18-13-15(18)3)23(33)17(11-12-20(26)31)28-24(34)35-25(4,5)6/h7-10,14-15,17-18,21,30H,11-13H2,1-6H3,(H2,26,31)(H,27,32)(H,28,34). The second kappa shape index (κ2) is 11.4. The normalized spacial score (nSPS) is 18.8. The molecule has 4 unspecified atom stereocenters.